The first kappa shape index (κ1) is 49.8. The van der Waals surface area contributed by atoms with Gasteiger partial charge in [0.15, 0.2) is 12.1 Å². The minimum absolute atomic E-state index is 0.0561. The zero-order valence-electron chi connectivity index (χ0n) is 34.5. The Balaban J connectivity index is 4.36. The van der Waals surface area contributed by atoms with Crippen LogP contribution in [-0.4, -0.2) is 80.6 Å². The Morgan fingerprint density at radius 3 is 1.42 bits per heavy atom. The van der Waals surface area contributed by atoms with Gasteiger partial charge >= 0.3 is 17.9 Å². The molecular weight excluding hydrogens is 654 g/mol. The van der Waals surface area contributed by atoms with Gasteiger partial charge in [0, 0.05) is 19.3 Å². The van der Waals surface area contributed by atoms with Crippen LogP contribution in [0.25, 0.3) is 0 Å². The maximum absolute atomic E-state index is 12.7. The Kier molecular flexibility index (Phi) is 34.3. The number of quaternary nitrogens is 1. The lowest BCUT2D eigenvalue weighted by Gasteiger charge is -2.31. The Hall–Kier alpha value is -2.19. The third kappa shape index (κ3) is 33.6. The molecule has 0 saturated carbocycles. The van der Waals surface area contributed by atoms with Crippen LogP contribution in [0.15, 0.2) is 24.3 Å². The fraction of sp³-hybridized carbons (Fsp3) is 0.841. The van der Waals surface area contributed by atoms with E-state index in [1.807, 2.05) is 21.1 Å². The van der Waals surface area contributed by atoms with Crippen LogP contribution < -0.4 is 0 Å². The molecule has 0 fully saturated rings. The zero-order valence-corrected chi connectivity index (χ0v) is 34.5. The maximum atomic E-state index is 12.7. The molecule has 0 saturated heterocycles. The van der Waals surface area contributed by atoms with E-state index >= 15 is 0 Å². The second-order valence-corrected chi connectivity index (χ2v) is 15.6. The van der Waals surface area contributed by atoms with Crippen molar-refractivity contribution in [1.29, 1.82) is 0 Å². The molecule has 1 N–H and O–H groups in total. The van der Waals surface area contributed by atoms with Crippen molar-refractivity contribution in [3.63, 3.8) is 0 Å². The highest BCUT2D eigenvalue weighted by atomic mass is 16.6. The molecule has 0 spiro atoms. The summed E-state index contributed by atoms with van der Waals surface area (Å²) in [7, 11) is 5.52. The molecule has 0 aliphatic heterocycles. The molecule has 2 unspecified atom stereocenters. The van der Waals surface area contributed by atoms with Crippen LogP contribution in [0.2, 0.25) is 0 Å². The highest BCUT2D eigenvalue weighted by Gasteiger charge is 2.31. The Bertz CT molecular complexity index is 911. The molecule has 0 aliphatic rings. The molecule has 0 aliphatic carbocycles. The molecule has 0 amide bonds. The summed E-state index contributed by atoms with van der Waals surface area (Å²) < 4.78 is 17.2. The van der Waals surface area contributed by atoms with Gasteiger partial charge in [-0.1, -0.05) is 128 Å². The Morgan fingerprint density at radius 1 is 0.558 bits per heavy atom. The van der Waals surface area contributed by atoms with Gasteiger partial charge in [-0.25, -0.2) is 4.79 Å². The van der Waals surface area contributed by atoms with E-state index in [-0.39, 0.29) is 36.2 Å². The van der Waals surface area contributed by atoms with Gasteiger partial charge < -0.3 is 23.8 Å². The van der Waals surface area contributed by atoms with Crippen LogP contribution >= 0.6 is 0 Å². The molecule has 0 aromatic rings. The lowest BCUT2D eigenvalue weighted by molar-refractivity contribution is -0.887. The van der Waals surface area contributed by atoms with Crippen molar-refractivity contribution in [3.05, 3.63) is 24.3 Å². The summed E-state index contributed by atoms with van der Waals surface area (Å²) in [6.45, 7) is 4.69. The number of carbonyl (C=O) groups excluding carboxylic acids is 2. The minimum atomic E-state index is -0.877. The fourth-order valence-corrected chi connectivity index (χ4v) is 6.20. The summed E-state index contributed by atoms with van der Waals surface area (Å²) in [6.07, 6.45) is 37.8. The number of likely N-dealkylation sites (N-methyl/N-ethyl adjacent to an activating group) is 1. The quantitative estimate of drug-likeness (QED) is 0.0291. The molecule has 0 radical (unpaired) electrons. The lowest BCUT2D eigenvalue weighted by Crippen LogP contribution is -2.50. The van der Waals surface area contributed by atoms with Gasteiger partial charge in [-0.2, -0.15) is 0 Å². The highest BCUT2D eigenvalue weighted by Crippen LogP contribution is 2.14. The molecule has 0 aromatic heterocycles. The first-order valence-electron chi connectivity index (χ1n) is 21.4. The number of unbranched alkanes of at least 4 members (excludes halogenated alkanes) is 20. The zero-order chi connectivity index (χ0) is 38.5. The SMILES string of the molecule is CCCCC/C=C/CCCCCCCC(=O)OC(COCCC(C(=O)O)[N+](C)(C)C)COC(=O)CCCCCCC/C=C/CCCCCCCCC. The molecule has 52 heavy (non-hydrogen) atoms. The van der Waals surface area contributed by atoms with Crippen molar-refractivity contribution >= 4 is 17.9 Å². The van der Waals surface area contributed by atoms with E-state index < -0.39 is 18.1 Å². The first-order valence-corrected chi connectivity index (χ1v) is 21.4. The van der Waals surface area contributed by atoms with E-state index in [0.29, 0.717) is 19.3 Å². The van der Waals surface area contributed by atoms with E-state index in [1.165, 1.54) is 96.3 Å². The first-order chi connectivity index (χ1) is 25.1. The van der Waals surface area contributed by atoms with Crippen LogP contribution in [0.3, 0.4) is 0 Å². The summed E-state index contributed by atoms with van der Waals surface area (Å²) in [6, 6.07) is -0.614. The number of carbonyl (C=O) groups is 3. The van der Waals surface area contributed by atoms with Crippen molar-refractivity contribution in [2.45, 2.75) is 199 Å². The largest absolute Gasteiger partial charge is 0.477 e. The number of carboxylic acid groups (broad SMARTS) is 1. The summed E-state index contributed by atoms with van der Waals surface area (Å²) in [5.41, 5.74) is 0. The van der Waals surface area contributed by atoms with Crippen molar-refractivity contribution in [1.82, 2.24) is 0 Å². The van der Waals surface area contributed by atoms with Gasteiger partial charge in [0.2, 0.25) is 0 Å². The molecule has 0 rings (SSSR count). The molecule has 0 bridgehead atoms. The predicted molar refractivity (Wildman–Crippen MR) is 215 cm³/mol. The molecule has 8 heteroatoms. The van der Waals surface area contributed by atoms with Crippen molar-refractivity contribution in [2.75, 3.05) is 41.0 Å². The number of nitrogens with zero attached hydrogens (tertiary/aromatic N) is 1. The molecular formula is C44H82NO7+. The van der Waals surface area contributed by atoms with E-state index in [0.717, 1.165) is 57.8 Å². The normalized spacial score (nSPS) is 13.2. The molecule has 8 nitrogen and oxygen atoms in total. The lowest BCUT2D eigenvalue weighted by atomic mass is 10.1. The Labute approximate surface area is 320 Å². The third-order valence-electron chi connectivity index (χ3n) is 9.57. The standard InChI is InChI=1S/C44H81NO7/c1-6-8-10-12-14-16-18-20-21-22-23-25-26-28-30-32-34-42(46)51-39-40(38-50-37-36-41(44(48)49)45(3,4)5)52-43(47)35-33-31-29-27-24-19-17-15-13-11-9-7-2/h15,17,21-22,40-41H,6-14,16,18-20,23-39H2,1-5H3/p+1/b17-15+,22-21+. The van der Waals surface area contributed by atoms with Crippen LogP contribution in [0.5, 0.6) is 0 Å². The number of hydrogen-bond acceptors (Lipinski definition) is 6. The van der Waals surface area contributed by atoms with Crippen molar-refractivity contribution in [2.24, 2.45) is 0 Å². The highest BCUT2D eigenvalue weighted by molar-refractivity contribution is 5.72. The van der Waals surface area contributed by atoms with E-state index in [9.17, 15) is 19.5 Å². The second kappa shape index (κ2) is 35.8. The smallest absolute Gasteiger partial charge is 0.362 e. The molecule has 0 aromatic carbocycles. The fourth-order valence-electron chi connectivity index (χ4n) is 6.20. The van der Waals surface area contributed by atoms with Crippen LogP contribution in [0, 0.1) is 0 Å². The number of ether oxygens (including phenoxy) is 3. The van der Waals surface area contributed by atoms with Crippen molar-refractivity contribution < 1.29 is 38.2 Å². The second-order valence-electron chi connectivity index (χ2n) is 15.6. The summed E-state index contributed by atoms with van der Waals surface area (Å²) in [5.74, 6) is -1.49. The predicted octanol–water partition coefficient (Wildman–Crippen LogP) is 11.3. The van der Waals surface area contributed by atoms with E-state index in [1.54, 1.807) is 0 Å². The topological polar surface area (TPSA) is 99.1 Å². The number of rotatable bonds is 38. The Morgan fingerprint density at radius 2 is 0.962 bits per heavy atom. The van der Waals surface area contributed by atoms with Gasteiger partial charge in [-0.15, -0.1) is 0 Å². The number of allylic oxidation sites excluding steroid dienone is 4. The number of hydrogen-bond donors (Lipinski definition) is 1. The van der Waals surface area contributed by atoms with Crippen molar-refractivity contribution in [3.8, 4) is 0 Å². The molecule has 304 valence electrons. The summed E-state index contributed by atoms with van der Waals surface area (Å²) in [5, 5.41) is 9.60. The number of esters is 2. The molecule has 2 atom stereocenters. The monoisotopic (exact) mass is 737 g/mol. The minimum Gasteiger partial charge on any atom is -0.477 e. The van der Waals surface area contributed by atoms with Gasteiger partial charge in [-0.05, 0) is 64.2 Å². The van der Waals surface area contributed by atoms with Gasteiger partial charge in [0.1, 0.15) is 6.61 Å². The van der Waals surface area contributed by atoms with Crippen LogP contribution in [0.4, 0.5) is 0 Å². The number of carboxylic acids is 1. The van der Waals surface area contributed by atoms with E-state index in [4.69, 9.17) is 14.2 Å². The third-order valence-corrected chi connectivity index (χ3v) is 9.57. The van der Waals surface area contributed by atoms with Crippen LogP contribution in [0.1, 0.15) is 187 Å². The maximum Gasteiger partial charge on any atom is 0.362 e. The number of aliphatic carboxylic acids is 1. The van der Waals surface area contributed by atoms with E-state index in [2.05, 4.69) is 38.2 Å². The van der Waals surface area contributed by atoms with Crippen LogP contribution in [-0.2, 0) is 28.6 Å². The van der Waals surface area contributed by atoms with Gasteiger partial charge in [-0.3, -0.25) is 9.59 Å². The summed E-state index contributed by atoms with van der Waals surface area (Å²) in [4.78, 5) is 36.9. The average molecular weight is 737 g/mol. The molecule has 0 heterocycles. The van der Waals surface area contributed by atoms with Gasteiger partial charge in [0.05, 0.1) is 34.4 Å². The average Bonchev–Trinajstić information content (AvgIpc) is 3.09. The van der Waals surface area contributed by atoms with Gasteiger partial charge in [0.25, 0.3) is 0 Å². The summed E-state index contributed by atoms with van der Waals surface area (Å²) >= 11 is 0.